The lowest BCUT2D eigenvalue weighted by molar-refractivity contribution is -0.179. The summed E-state index contributed by atoms with van der Waals surface area (Å²) in [7, 11) is 6.71. The molecule has 13 rings (SSSR count). The summed E-state index contributed by atoms with van der Waals surface area (Å²) in [5, 5.41) is 53.1. The van der Waals surface area contributed by atoms with Gasteiger partial charge in [0.1, 0.15) is 18.0 Å². The number of methoxy groups -OCH3 is 2. The van der Waals surface area contributed by atoms with Gasteiger partial charge in [0.25, 0.3) is 0 Å². The van der Waals surface area contributed by atoms with Crippen molar-refractivity contribution in [1.82, 2.24) is 5.32 Å². The summed E-state index contributed by atoms with van der Waals surface area (Å²) in [4.78, 5) is 30.7. The molecule has 2 aliphatic heterocycles. The number of phenolic OH excluding ortho intramolecular Hbond substituents is 3. The van der Waals surface area contributed by atoms with Crippen LogP contribution < -0.4 is 14.8 Å². The second kappa shape index (κ2) is 23.3. The molecule has 6 aromatic rings. The zero-order chi connectivity index (χ0) is 57.9. The molecule has 5 aliphatic carbocycles. The average Bonchev–Trinajstić information content (AvgIpc) is 0.731. The number of carbonyl (C=O) groups is 2. The van der Waals surface area contributed by atoms with Gasteiger partial charge < -0.3 is 49.4 Å². The first-order valence-electron chi connectivity index (χ1n) is 29.8. The van der Waals surface area contributed by atoms with Gasteiger partial charge in [0.15, 0.2) is 23.0 Å². The number of hydrogen-bond acceptors (Lipinski definition) is 14. The molecule has 0 aromatic heterocycles. The lowest BCUT2D eigenvalue weighted by Gasteiger charge is -2.64. The Kier molecular flexibility index (Phi) is 15.7. The molecule has 0 saturated heterocycles. The van der Waals surface area contributed by atoms with Gasteiger partial charge in [-0.2, -0.15) is 0 Å². The second-order valence-electron chi connectivity index (χ2n) is 24.7. The largest absolute Gasteiger partial charge is 0.508 e. The number of aliphatic hydroxyl groups is 1. The first-order valence-corrected chi connectivity index (χ1v) is 32.3. The van der Waals surface area contributed by atoms with Crippen molar-refractivity contribution >= 4 is 50.4 Å². The lowest BCUT2D eigenvalue weighted by atomic mass is 9.40. The van der Waals surface area contributed by atoms with E-state index in [1.807, 2.05) is 60.7 Å². The molecular formula is C70H73NO11S2. The summed E-state index contributed by atoms with van der Waals surface area (Å²) in [6.45, 7) is 3.44. The van der Waals surface area contributed by atoms with E-state index in [0.29, 0.717) is 82.1 Å². The van der Waals surface area contributed by atoms with Gasteiger partial charge in [-0.3, -0.25) is 9.59 Å². The van der Waals surface area contributed by atoms with Crippen LogP contribution in [-0.2, 0) is 48.6 Å². The Morgan fingerprint density at radius 3 is 2.55 bits per heavy atom. The summed E-state index contributed by atoms with van der Waals surface area (Å²) in [6, 6.07) is 35.9. The third-order valence-electron chi connectivity index (χ3n) is 19.8. The quantitative estimate of drug-likeness (QED) is 0.0606. The van der Waals surface area contributed by atoms with Crippen LogP contribution in [0.4, 0.5) is 0 Å². The number of ether oxygens (including phenoxy) is 5. The van der Waals surface area contributed by atoms with Crippen molar-refractivity contribution in [3.8, 4) is 51.7 Å². The maximum absolute atomic E-state index is 16.8. The van der Waals surface area contributed by atoms with Crippen molar-refractivity contribution < 1.29 is 53.7 Å². The zero-order valence-electron chi connectivity index (χ0n) is 47.8. The van der Waals surface area contributed by atoms with Crippen molar-refractivity contribution in [2.45, 2.75) is 100 Å². The summed E-state index contributed by atoms with van der Waals surface area (Å²) in [5.74, 6) is 6.73. The molecule has 5 N–H and O–H groups in total. The predicted octanol–water partition coefficient (Wildman–Crippen LogP) is 12.1. The van der Waals surface area contributed by atoms with E-state index in [0.717, 1.165) is 73.0 Å². The predicted molar refractivity (Wildman–Crippen MR) is 328 cm³/mol. The molecule has 0 amide bonds. The van der Waals surface area contributed by atoms with Gasteiger partial charge in [-0.25, -0.2) is 0 Å². The summed E-state index contributed by atoms with van der Waals surface area (Å²) >= 11 is 0. The van der Waals surface area contributed by atoms with Crippen molar-refractivity contribution in [1.29, 1.82) is 0 Å². The van der Waals surface area contributed by atoms with Crippen LogP contribution in [0.25, 0.3) is 28.0 Å². The molecule has 2 heterocycles. The molecule has 0 radical (unpaired) electrons. The summed E-state index contributed by atoms with van der Waals surface area (Å²) in [6.07, 6.45) is 5.53. The number of fused-ring (bicyclic) bond motifs is 10. The fourth-order valence-corrected chi connectivity index (χ4v) is 18.7. The Bertz CT molecular complexity index is 3600. The molecule has 436 valence electrons. The number of phenols is 3. The van der Waals surface area contributed by atoms with E-state index in [1.165, 1.54) is 14.0 Å². The third kappa shape index (κ3) is 10.5. The first-order chi connectivity index (χ1) is 40.8. The maximum atomic E-state index is 16.8. The minimum Gasteiger partial charge on any atom is -0.508 e. The van der Waals surface area contributed by atoms with Crippen LogP contribution in [0.1, 0.15) is 96.2 Å². The summed E-state index contributed by atoms with van der Waals surface area (Å²) in [5.41, 5.74) is 6.39. The fourth-order valence-electron chi connectivity index (χ4n) is 16.5. The van der Waals surface area contributed by atoms with Crippen LogP contribution in [0.3, 0.4) is 0 Å². The number of benzene rings is 6. The lowest BCUT2D eigenvalue weighted by Crippen LogP contribution is -2.62. The van der Waals surface area contributed by atoms with Crippen molar-refractivity contribution in [2.24, 2.45) is 40.9 Å². The molecule has 1 spiro atoms. The van der Waals surface area contributed by atoms with E-state index >= 15 is 4.79 Å². The van der Waals surface area contributed by atoms with Gasteiger partial charge in [0.2, 0.25) is 0 Å². The molecular weight excluding hydrogens is 1090 g/mol. The van der Waals surface area contributed by atoms with Crippen molar-refractivity contribution in [3.05, 3.63) is 154 Å². The van der Waals surface area contributed by atoms with Crippen molar-refractivity contribution in [3.63, 3.8) is 0 Å². The van der Waals surface area contributed by atoms with E-state index in [-0.39, 0.29) is 71.1 Å². The third-order valence-corrected chi connectivity index (χ3v) is 22.3. The van der Waals surface area contributed by atoms with Gasteiger partial charge >= 0.3 is 11.9 Å². The van der Waals surface area contributed by atoms with E-state index < -0.39 is 41.0 Å². The second-order valence-corrected chi connectivity index (χ2v) is 27.4. The van der Waals surface area contributed by atoms with Gasteiger partial charge in [-0.15, -0.1) is 0 Å². The normalized spacial score (nSPS) is 30.8. The van der Waals surface area contributed by atoms with Gasteiger partial charge in [-0.1, -0.05) is 106 Å². The molecule has 13 atom stereocenters. The Labute approximate surface area is 499 Å². The van der Waals surface area contributed by atoms with Crippen molar-refractivity contribution in [2.75, 3.05) is 45.5 Å². The van der Waals surface area contributed by atoms with E-state index in [9.17, 15) is 25.2 Å². The van der Waals surface area contributed by atoms with Crippen LogP contribution in [0.2, 0.25) is 0 Å². The first kappa shape index (κ1) is 56.5. The number of aromatic hydroxyl groups is 3. The molecule has 3 saturated carbocycles. The average molecular weight is 1170 g/mol. The number of nitrogens with one attached hydrogen (secondary N) is 1. The highest BCUT2D eigenvalue weighted by Crippen LogP contribution is 2.70. The highest BCUT2D eigenvalue weighted by molar-refractivity contribution is 8.76. The molecule has 84 heavy (non-hydrogen) atoms. The molecule has 7 aliphatic rings. The van der Waals surface area contributed by atoms with E-state index in [2.05, 4.69) is 71.8 Å². The highest BCUT2D eigenvalue weighted by Gasteiger charge is 2.66. The zero-order valence-corrected chi connectivity index (χ0v) is 49.4. The van der Waals surface area contributed by atoms with Gasteiger partial charge in [0.05, 0.1) is 37.8 Å². The summed E-state index contributed by atoms with van der Waals surface area (Å²) < 4.78 is 32.3. The minimum atomic E-state index is -1.20. The number of carbonyl (C=O) groups excluding carboxylic acids is 2. The van der Waals surface area contributed by atoms with Gasteiger partial charge in [0, 0.05) is 62.3 Å². The monoisotopic (exact) mass is 1170 g/mol. The van der Waals surface area contributed by atoms with Crippen LogP contribution in [0.15, 0.2) is 115 Å². The van der Waals surface area contributed by atoms with E-state index in [4.69, 9.17) is 23.7 Å². The van der Waals surface area contributed by atoms with Crippen LogP contribution >= 0.6 is 21.6 Å². The van der Waals surface area contributed by atoms with Crippen LogP contribution in [0.5, 0.6) is 28.7 Å². The standard InChI is InChI=1S/C70H73NO11S2/c1-40(72)81-64-30-52-29-57-55-32-66(62(75)25-48(55)23-58-61(74)33-59-56-31-63(76)65(79-3)26-49(56)24-60(64)70(59,67(57)58)17-16-41-8-5-4-6-9-41)80-18-19-83-84-39-45-20-42-12-13-44(38-78-2)37-71-36-43-10-7-11-46(21-43)54-28-51(73)22-47-14-15-50(27-53(47)54)69(34-42,35-45)68(77)82-52/h4-11,14-17,21-22,25-28,31-32,42,44-45,52,57-61,64,67,71,73-76H,18-20,23-24,29-30,33-39H2,1-3H3. The maximum Gasteiger partial charge on any atom is 0.316 e. The Balaban J connectivity index is 1.03. The van der Waals surface area contributed by atoms with E-state index in [1.54, 1.807) is 34.8 Å². The Morgan fingerprint density at radius 2 is 1.71 bits per heavy atom. The molecule has 3 fully saturated rings. The number of allylic oxidation sites excluding steroid dienone is 1. The number of hydrogen-bond donors (Lipinski definition) is 5. The minimum absolute atomic E-state index is 0.00856. The smallest absolute Gasteiger partial charge is 0.316 e. The fraction of sp³-hybridized carbons (Fsp3) is 0.429. The molecule has 13 unspecified atom stereocenters. The SMILES string of the molecule is COCC1C#CC2CC3CSSCCOc4cc5c(cc4O)CC4C(O)CC6c7cc(O)c(OC)cc7CC7C(OC(C)=O)CC(CC5C4C67C=Cc4ccccc4)OC(=O)C(C2)(C3)c2ccc3cc(O)cc(c3c2)-c2cccc(c2)CNC1. The molecule has 14 heteroatoms. The number of aliphatic hydroxyl groups excluding tert-OH is 1. The van der Waals surface area contributed by atoms with Crippen LogP contribution in [-0.4, -0.2) is 96.2 Å². The van der Waals surface area contributed by atoms with Gasteiger partial charge in [-0.05, 0) is 184 Å². The Morgan fingerprint density at radius 1 is 0.857 bits per heavy atom. The highest BCUT2D eigenvalue weighted by atomic mass is 33.1. The Hall–Kier alpha value is -6.60. The number of esters is 2. The van der Waals surface area contributed by atoms with Crippen LogP contribution in [0, 0.1) is 52.8 Å². The molecule has 11 bridgehead atoms. The molecule has 6 aromatic carbocycles. The molecule has 12 nitrogen and oxygen atoms in total. The topological polar surface area (TPSA) is 173 Å². The number of rotatable bonds is 6.